The number of hydrogen-bond acceptors (Lipinski definition) is 1. The lowest BCUT2D eigenvalue weighted by Gasteiger charge is -2.26. The SMILES string of the molecule is Cc1ccc2c(c1)[C@H]2CN1CCCCC1. The summed E-state index contributed by atoms with van der Waals surface area (Å²) in [6.45, 7) is 6.11. The minimum absolute atomic E-state index is 0.775. The molecule has 1 atom stereocenters. The fourth-order valence-corrected chi connectivity index (χ4v) is 2.82. The van der Waals surface area contributed by atoms with Gasteiger partial charge in [-0.15, -0.1) is 0 Å². The maximum Gasteiger partial charge on any atom is 0.0223 e. The second-order valence-corrected chi connectivity index (χ2v) is 5.05. The predicted molar refractivity (Wildman–Crippen MR) is 63.3 cm³/mol. The number of rotatable bonds is 2. The van der Waals surface area contributed by atoms with Crippen molar-refractivity contribution in [3.8, 4) is 0 Å². The third-order valence-corrected chi connectivity index (χ3v) is 3.80. The molecule has 1 saturated heterocycles. The number of benzene rings is 1. The molecule has 1 nitrogen and oxygen atoms in total. The number of likely N-dealkylation sites (tertiary alicyclic amines) is 1. The number of piperidine rings is 1. The quantitative estimate of drug-likeness (QED) is 0.711. The Balaban J connectivity index is 1.63. The molecule has 0 saturated carbocycles. The van der Waals surface area contributed by atoms with Crippen LogP contribution in [0, 0.1) is 6.92 Å². The van der Waals surface area contributed by atoms with E-state index in [0.29, 0.717) is 0 Å². The molecule has 0 aromatic heterocycles. The van der Waals surface area contributed by atoms with Gasteiger partial charge in [0.05, 0.1) is 0 Å². The highest BCUT2D eigenvalue weighted by molar-refractivity contribution is 5.54. The lowest BCUT2D eigenvalue weighted by molar-refractivity contribution is 0.229. The van der Waals surface area contributed by atoms with Crippen molar-refractivity contribution in [1.29, 1.82) is 0 Å². The Morgan fingerprint density at radius 1 is 1.13 bits per heavy atom. The molecule has 3 rings (SSSR count). The Labute approximate surface area is 92.1 Å². The van der Waals surface area contributed by atoms with Crippen molar-refractivity contribution in [2.75, 3.05) is 19.6 Å². The van der Waals surface area contributed by atoms with Crippen LogP contribution in [0.4, 0.5) is 0 Å². The van der Waals surface area contributed by atoms with Crippen molar-refractivity contribution in [2.24, 2.45) is 0 Å². The zero-order valence-corrected chi connectivity index (χ0v) is 9.50. The highest BCUT2D eigenvalue weighted by atomic mass is 15.1. The van der Waals surface area contributed by atoms with Crippen molar-refractivity contribution in [2.45, 2.75) is 32.1 Å². The molecule has 1 aliphatic carbocycles. The lowest BCUT2D eigenvalue weighted by Crippen LogP contribution is -2.31. The molecular weight excluding hydrogens is 182 g/mol. The van der Waals surface area contributed by atoms with Gasteiger partial charge >= 0.3 is 0 Å². The largest absolute Gasteiger partial charge is 0.302 e. The van der Waals surface area contributed by atoms with E-state index in [1.165, 1.54) is 44.5 Å². The molecule has 1 heteroatoms. The molecule has 0 N–H and O–H groups in total. The topological polar surface area (TPSA) is 3.24 Å². The van der Waals surface area contributed by atoms with Crippen molar-refractivity contribution in [3.63, 3.8) is 0 Å². The molecule has 0 spiro atoms. The summed E-state index contributed by atoms with van der Waals surface area (Å²) in [7, 11) is 0. The first-order valence-corrected chi connectivity index (χ1v) is 6.17. The summed E-state index contributed by atoms with van der Waals surface area (Å²) >= 11 is 0. The van der Waals surface area contributed by atoms with Crippen molar-refractivity contribution < 1.29 is 0 Å². The van der Waals surface area contributed by atoms with Gasteiger partial charge in [-0.05, 0) is 44.0 Å². The fourth-order valence-electron chi connectivity index (χ4n) is 2.82. The van der Waals surface area contributed by atoms with E-state index in [0.717, 1.165) is 5.92 Å². The molecule has 0 amide bonds. The summed E-state index contributed by atoms with van der Waals surface area (Å²) in [6, 6.07) is 6.93. The summed E-state index contributed by atoms with van der Waals surface area (Å²) in [5.74, 6) is 0.775. The van der Waals surface area contributed by atoms with E-state index in [4.69, 9.17) is 0 Å². The lowest BCUT2D eigenvalue weighted by atomic mass is 10.1. The molecule has 1 fully saturated rings. The maximum absolute atomic E-state index is 2.64. The van der Waals surface area contributed by atoms with Crippen LogP contribution in [0.2, 0.25) is 0 Å². The molecule has 1 heterocycles. The fraction of sp³-hybridized carbons (Fsp3) is 0.571. The van der Waals surface area contributed by atoms with E-state index in [1.54, 1.807) is 11.1 Å². The first kappa shape index (κ1) is 9.41. The average molecular weight is 201 g/mol. The van der Waals surface area contributed by atoms with Crippen LogP contribution in [0.3, 0.4) is 0 Å². The third-order valence-electron chi connectivity index (χ3n) is 3.80. The van der Waals surface area contributed by atoms with Gasteiger partial charge in [0.15, 0.2) is 0 Å². The van der Waals surface area contributed by atoms with Crippen LogP contribution in [-0.2, 0) is 0 Å². The molecule has 80 valence electrons. The van der Waals surface area contributed by atoms with Gasteiger partial charge in [0, 0.05) is 12.5 Å². The Kier molecular flexibility index (Phi) is 2.28. The van der Waals surface area contributed by atoms with Crippen molar-refractivity contribution in [1.82, 2.24) is 4.90 Å². The van der Waals surface area contributed by atoms with Gasteiger partial charge in [0.1, 0.15) is 0 Å². The number of fused-ring (bicyclic) bond motifs is 1. The van der Waals surface area contributed by atoms with Gasteiger partial charge in [-0.25, -0.2) is 0 Å². The Morgan fingerprint density at radius 2 is 1.93 bits per heavy atom. The van der Waals surface area contributed by atoms with Crippen molar-refractivity contribution in [3.05, 3.63) is 34.9 Å². The summed E-state index contributed by atoms with van der Waals surface area (Å²) in [5, 5.41) is 0. The first-order valence-electron chi connectivity index (χ1n) is 6.17. The van der Waals surface area contributed by atoms with E-state index < -0.39 is 0 Å². The van der Waals surface area contributed by atoms with E-state index >= 15 is 0 Å². The highest BCUT2D eigenvalue weighted by Gasteiger charge is 2.33. The normalized spacial score (nSPS) is 25.0. The minimum Gasteiger partial charge on any atom is -0.302 e. The molecule has 1 aliphatic heterocycles. The van der Waals surface area contributed by atoms with E-state index in [-0.39, 0.29) is 0 Å². The molecule has 0 radical (unpaired) electrons. The van der Waals surface area contributed by atoms with E-state index in [1.807, 2.05) is 0 Å². The molecular formula is C14H19N. The minimum atomic E-state index is 0.775. The summed E-state index contributed by atoms with van der Waals surface area (Å²) in [4.78, 5) is 2.64. The van der Waals surface area contributed by atoms with Gasteiger partial charge in [-0.3, -0.25) is 0 Å². The van der Waals surface area contributed by atoms with Crippen LogP contribution in [0.1, 0.15) is 41.9 Å². The number of hydrogen-bond donors (Lipinski definition) is 0. The Morgan fingerprint density at radius 3 is 2.67 bits per heavy atom. The van der Waals surface area contributed by atoms with Crippen molar-refractivity contribution >= 4 is 0 Å². The van der Waals surface area contributed by atoms with Gasteiger partial charge in [0.2, 0.25) is 0 Å². The highest BCUT2D eigenvalue weighted by Crippen LogP contribution is 2.44. The summed E-state index contributed by atoms with van der Waals surface area (Å²) in [5.41, 5.74) is 4.63. The molecule has 1 aromatic rings. The van der Waals surface area contributed by atoms with E-state index in [9.17, 15) is 0 Å². The maximum atomic E-state index is 2.64. The van der Waals surface area contributed by atoms with Gasteiger partial charge < -0.3 is 4.90 Å². The first-order chi connectivity index (χ1) is 7.34. The molecule has 0 unspecified atom stereocenters. The average Bonchev–Trinajstić information content (AvgIpc) is 2.92. The van der Waals surface area contributed by atoms with Gasteiger partial charge in [-0.1, -0.05) is 30.2 Å². The van der Waals surface area contributed by atoms with Crippen LogP contribution in [0.15, 0.2) is 18.2 Å². The van der Waals surface area contributed by atoms with Crippen LogP contribution in [-0.4, -0.2) is 24.5 Å². The Hall–Kier alpha value is -0.820. The zero-order chi connectivity index (χ0) is 10.3. The molecule has 15 heavy (non-hydrogen) atoms. The van der Waals surface area contributed by atoms with Crippen LogP contribution in [0.25, 0.3) is 0 Å². The smallest absolute Gasteiger partial charge is 0.0223 e. The van der Waals surface area contributed by atoms with Crippen LogP contribution >= 0.6 is 0 Å². The van der Waals surface area contributed by atoms with Crippen LogP contribution in [0.5, 0.6) is 0 Å². The second-order valence-electron chi connectivity index (χ2n) is 5.05. The van der Waals surface area contributed by atoms with Crippen LogP contribution < -0.4 is 0 Å². The van der Waals surface area contributed by atoms with Gasteiger partial charge in [-0.2, -0.15) is 0 Å². The number of nitrogens with zero attached hydrogens (tertiary/aromatic N) is 1. The molecule has 1 aromatic carbocycles. The summed E-state index contributed by atoms with van der Waals surface area (Å²) < 4.78 is 0. The predicted octanol–water partition coefficient (Wildman–Crippen LogP) is 2.93. The molecule has 2 aliphatic rings. The third kappa shape index (κ3) is 1.81. The van der Waals surface area contributed by atoms with E-state index in [2.05, 4.69) is 30.0 Å². The standard InChI is InChI=1S/C14H19N/c1-11-5-6-12-13(9-11)14(12)10-15-7-3-2-4-8-15/h5-6,9,14H,2-4,7-8,10H2,1H3/t14-/m0/s1. The second kappa shape index (κ2) is 3.64. The molecule has 0 bridgehead atoms. The van der Waals surface area contributed by atoms with Gasteiger partial charge in [0.25, 0.3) is 0 Å². The summed E-state index contributed by atoms with van der Waals surface area (Å²) in [6.07, 6.45) is 4.25. The number of aryl methyl sites for hydroxylation is 1. The Bertz CT molecular complexity index is 364. The zero-order valence-electron chi connectivity index (χ0n) is 9.50. The monoisotopic (exact) mass is 201 g/mol.